The molecule has 0 spiro atoms. The molecule has 1 heterocycles. The summed E-state index contributed by atoms with van der Waals surface area (Å²) in [6.07, 6.45) is 1.39. The minimum Gasteiger partial charge on any atom is -0.382 e. The number of hydrogen-bond acceptors (Lipinski definition) is 5. The van der Waals surface area contributed by atoms with Crippen molar-refractivity contribution in [2.45, 2.75) is 0 Å². The minimum atomic E-state index is -0.766. The van der Waals surface area contributed by atoms with Crippen LogP contribution in [-0.2, 0) is 0 Å². The van der Waals surface area contributed by atoms with Gasteiger partial charge < -0.3 is 17.2 Å². The number of nitrogen functional groups attached to an aromatic ring is 1. The first-order valence-electron chi connectivity index (χ1n) is 5.31. The molecule has 6 N–H and O–H groups in total. The Balaban J connectivity index is 2.53. The van der Waals surface area contributed by atoms with Gasteiger partial charge in [-0.15, -0.1) is 0 Å². The highest BCUT2D eigenvalue weighted by Crippen LogP contribution is 2.19. The highest BCUT2D eigenvalue weighted by atomic mass is 16.1. The Labute approximate surface area is 108 Å². The monoisotopic (exact) mass is 257 g/mol. The van der Waals surface area contributed by atoms with E-state index in [1.807, 2.05) is 0 Å². The number of aromatic nitrogens is 2. The average Bonchev–Trinajstić information content (AvgIpc) is 2.39. The van der Waals surface area contributed by atoms with Gasteiger partial charge in [0, 0.05) is 11.1 Å². The molecule has 2 aromatic rings. The fraction of sp³-hybridized carbons (Fsp3) is 0. The van der Waals surface area contributed by atoms with Crippen molar-refractivity contribution in [1.82, 2.24) is 9.97 Å². The van der Waals surface area contributed by atoms with Crippen molar-refractivity contribution in [3.63, 3.8) is 0 Å². The molecule has 0 saturated heterocycles. The summed E-state index contributed by atoms with van der Waals surface area (Å²) in [6.45, 7) is 0. The number of nitrogens with zero attached hydrogens (tertiary/aromatic N) is 2. The summed E-state index contributed by atoms with van der Waals surface area (Å²) in [6, 6.07) is 6.48. The summed E-state index contributed by atoms with van der Waals surface area (Å²) < 4.78 is 0. The van der Waals surface area contributed by atoms with E-state index in [0.29, 0.717) is 16.8 Å². The van der Waals surface area contributed by atoms with Crippen LogP contribution in [-0.4, -0.2) is 21.8 Å². The predicted molar refractivity (Wildman–Crippen MR) is 68.9 cm³/mol. The largest absolute Gasteiger partial charge is 0.382 e. The molecule has 0 aliphatic heterocycles. The van der Waals surface area contributed by atoms with E-state index in [2.05, 4.69) is 9.97 Å². The maximum Gasteiger partial charge on any atom is 0.271 e. The fourth-order valence-electron chi connectivity index (χ4n) is 1.55. The molecule has 0 bridgehead atoms. The van der Waals surface area contributed by atoms with Crippen molar-refractivity contribution in [1.29, 1.82) is 0 Å². The second kappa shape index (κ2) is 4.73. The topological polar surface area (TPSA) is 138 Å². The summed E-state index contributed by atoms with van der Waals surface area (Å²) in [5.74, 6) is -1.36. The van der Waals surface area contributed by atoms with Crippen LogP contribution in [0.25, 0.3) is 11.3 Å². The van der Waals surface area contributed by atoms with E-state index in [4.69, 9.17) is 17.2 Å². The highest BCUT2D eigenvalue weighted by molar-refractivity contribution is 5.96. The number of benzene rings is 1. The zero-order valence-corrected chi connectivity index (χ0v) is 9.83. The van der Waals surface area contributed by atoms with Crippen LogP contribution in [0.15, 0.2) is 30.5 Å². The molecule has 0 saturated carbocycles. The fourth-order valence-corrected chi connectivity index (χ4v) is 1.55. The van der Waals surface area contributed by atoms with Gasteiger partial charge in [0.25, 0.3) is 5.91 Å². The molecule has 0 atom stereocenters. The van der Waals surface area contributed by atoms with Crippen LogP contribution in [0.3, 0.4) is 0 Å². The molecule has 96 valence electrons. The number of hydrogen-bond donors (Lipinski definition) is 3. The molecule has 7 heteroatoms. The summed E-state index contributed by atoms with van der Waals surface area (Å²) in [5.41, 5.74) is 17.0. The number of nitrogens with two attached hydrogens (primary N) is 3. The number of amides is 2. The van der Waals surface area contributed by atoms with Crippen LogP contribution in [0.1, 0.15) is 20.8 Å². The number of anilines is 1. The van der Waals surface area contributed by atoms with Gasteiger partial charge in [0.15, 0.2) is 11.5 Å². The van der Waals surface area contributed by atoms with Crippen molar-refractivity contribution in [3.05, 3.63) is 41.7 Å². The summed E-state index contributed by atoms with van der Waals surface area (Å²) in [5, 5.41) is 0. The average molecular weight is 257 g/mol. The van der Waals surface area contributed by atoms with Crippen molar-refractivity contribution in [2.75, 3.05) is 5.73 Å². The molecule has 0 aliphatic rings. The van der Waals surface area contributed by atoms with Gasteiger partial charge in [-0.1, -0.05) is 12.1 Å². The maximum atomic E-state index is 11.1. The summed E-state index contributed by atoms with van der Waals surface area (Å²) in [7, 11) is 0. The Kier molecular flexibility index (Phi) is 3.11. The third kappa shape index (κ3) is 2.49. The van der Waals surface area contributed by atoms with E-state index < -0.39 is 11.8 Å². The molecule has 0 radical (unpaired) electrons. The van der Waals surface area contributed by atoms with Crippen LogP contribution in [0.4, 0.5) is 5.82 Å². The molecule has 0 unspecified atom stereocenters. The zero-order valence-electron chi connectivity index (χ0n) is 9.83. The first-order chi connectivity index (χ1) is 8.99. The van der Waals surface area contributed by atoms with Crippen molar-refractivity contribution in [3.8, 4) is 11.3 Å². The standard InChI is InChI=1S/C12H11N5O2/c13-10-9(12(15)19)17-8(5-16-10)6-2-1-3-7(4-6)11(14)18/h1-5H,(H2,13,16)(H2,14,18)(H2,15,19). The summed E-state index contributed by atoms with van der Waals surface area (Å²) in [4.78, 5) is 30.1. The minimum absolute atomic E-state index is 0.0395. The number of carbonyl (C=O) groups excluding carboxylic acids is 2. The molecule has 19 heavy (non-hydrogen) atoms. The van der Waals surface area contributed by atoms with E-state index >= 15 is 0 Å². The van der Waals surface area contributed by atoms with Crippen molar-refractivity contribution in [2.24, 2.45) is 11.5 Å². The van der Waals surface area contributed by atoms with Crippen LogP contribution in [0.2, 0.25) is 0 Å². The Bertz CT molecular complexity index is 669. The van der Waals surface area contributed by atoms with E-state index in [-0.39, 0.29) is 11.5 Å². The van der Waals surface area contributed by atoms with Gasteiger partial charge in [-0.05, 0) is 12.1 Å². The van der Waals surface area contributed by atoms with Crippen LogP contribution < -0.4 is 17.2 Å². The molecule has 2 rings (SSSR count). The normalized spacial score (nSPS) is 10.1. The van der Waals surface area contributed by atoms with Gasteiger partial charge in [-0.3, -0.25) is 9.59 Å². The SMILES string of the molecule is NC(=O)c1cccc(-c2cnc(N)c(C(N)=O)n2)c1. The molecular formula is C12H11N5O2. The van der Waals surface area contributed by atoms with Gasteiger partial charge in [-0.25, -0.2) is 9.97 Å². The van der Waals surface area contributed by atoms with Gasteiger partial charge >= 0.3 is 0 Å². The lowest BCUT2D eigenvalue weighted by molar-refractivity contribution is 0.0989. The van der Waals surface area contributed by atoms with Gasteiger partial charge in [0.1, 0.15) is 0 Å². The molecule has 7 nitrogen and oxygen atoms in total. The zero-order chi connectivity index (χ0) is 14.0. The lowest BCUT2D eigenvalue weighted by Gasteiger charge is -2.05. The lowest BCUT2D eigenvalue weighted by atomic mass is 10.1. The number of rotatable bonds is 3. The van der Waals surface area contributed by atoms with E-state index in [1.54, 1.807) is 24.3 Å². The van der Waals surface area contributed by atoms with Gasteiger partial charge in [0.05, 0.1) is 11.9 Å². The second-order valence-electron chi connectivity index (χ2n) is 3.80. The lowest BCUT2D eigenvalue weighted by Crippen LogP contribution is -2.17. The first-order valence-corrected chi connectivity index (χ1v) is 5.31. The predicted octanol–water partition coefficient (Wildman–Crippen LogP) is -0.0764. The molecule has 2 amide bonds. The third-order valence-electron chi connectivity index (χ3n) is 2.48. The Hall–Kier alpha value is -2.96. The highest BCUT2D eigenvalue weighted by Gasteiger charge is 2.12. The Morgan fingerprint density at radius 2 is 1.84 bits per heavy atom. The van der Waals surface area contributed by atoms with E-state index in [9.17, 15) is 9.59 Å². The van der Waals surface area contributed by atoms with Crippen molar-refractivity contribution >= 4 is 17.6 Å². The number of primary amides is 2. The second-order valence-corrected chi connectivity index (χ2v) is 3.80. The molecule has 0 aliphatic carbocycles. The summed E-state index contributed by atoms with van der Waals surface area (Å²) >= 11 is 0. The smallest absolute Gasteiger partial charge is 0.271 e. The van der Waals surface area contributed by atoms with Crippen LogP contribution in [0.5, 0.6) is 0 Å². The molecule has 1 aromatic heterocycles. The van der Waals surface area contributed by atoms with Gasteiger partial charge in [0.2, 0.25) is 5.91 Å². The first kappa shape index (κ1) is 12.5. The van der Waals surface area contributed by atoms with E-state index in [1.165, 1.54) is 6.20 Å². The Morgan fingerprint density at radius 3 is 2.47 bits per heavy atom. The molecule has 1 aromatic carbocycles. The third-order valence-corrected chi connectivity index (χ3v) is 2.48. The van der Waals surface area contributed by atoms with Crippen LogP contribution in [0, 0.1) is 0 Å². The molecular weight excluding hydrogens is 246 g/mol. The van der Waals surface area contributed by atoms with E-state index in [0.717, 1.165) is 0 Å². The molecule has 0 fully saturated rings. The van der Waals surface area contributed by atoms with Crippen molar-refractivity contribution < 1.29 is 9.59 Å². The Morgan fingerprint density at radius 1 is 1.11 bits per heavy atom. The number of carbonyl (C=O) groups is 2. The quantitative estimate of drug-likeness (QED) is 0.706. The van der Waals surface area contributed by atoms with Crippen LogP contribution >= 0.6 is 0 Å². The van der Waals surface area contributed by atoms with Gasteiger partial charge in [-0.2, -0.15) is 0 Å². The maximum absolute atomic E-state index is 11.1.